The van der Waals surface area contributed by atoms with E-state index in [0.29, 0.717) is 36.2 Å². The van der Waals surface area contributed by atoms with Crippen molar-refractivity contribution in [2.75, 3.05) is 24.4 Å². The van der Waals surface area contributed by atoms with Gasteiger partial charge >= 0.3 is 12.5 Å². The minimum atomic E-state index is -5.07. The molecule has 2 amide bonds. The highest BCUT2D eigenvalue weighted by atomic mass is 19.4. The van der Waals surface area contributed by atoms with Crippen molar-refractivity contribution in [1.29, 1.82) is 0 Å². The number of carbonyl (C=O) groups is 2. The Hall–Kier alpha value is -4.99. The number of benzene rings is 3. The molecule has 3 aromatic rings. The standard InChI is InChI=1S/C30H23F6N3O7/c1-43-22-5-2-14(26-17-6-13(12-40)7-23(17)46-39-26)8-18(22)28(42)38-21-11-25-24(44-30(35,36)45-25)10-16(21)27(41)37-15-3-4-20(31)19(9-15)29(32,33)34/h2-5,8-11,13,17,23,40H,6-7,12H2,1H3,(H,37,41)(H,38,42). The van der Waals surface area contributed by atoms with Gasteiger partial charge in [0.1, 0.15) is 17.7 Å². The molecule has 16 heteroatoms. The minimum Gasteiger partial charge on any atom is -0.496 e. The summed E-state index contributed by atoms with van der Waals surface area (Å²) in [6, 6.07) is 8.04. The number of anilines is 2. The highest BCUT2D eigenvalue weighted by Crippen LogP contribution is 2.45. The summed E-state index contributed by atoms with van der Waals surface area (Å²) in [4.78, 5) is 32.4. The van der Waals surface area contributed by atoms with Crippen molar-refractivity contribution in [2.45, 2.75) is 31.4 Å². The van der Waals surface area contributed by atoms with Gasteiger partial charge in [-0.15, -0.1) is 8.78 Å². The summed E-state index contributed by atoms with van der Waals surface area (Å²) in [5.41, 5.74) is -1.98. The van der Waals surface area contributed by atoms with Crippen LogP contribution in [-0.4, -0.2) is 48.7 Å². The van der Waals surface area contributed by atoms with Crippen LogP contribution in [0.25, 0.3) is 0 Å². The van der Waals surface area contributed by atoms with Gasteiger partial charge in [0.25, 0.3) is 11.8 Å². The average molecular weight is 652 g/mol. The summed E-state index contributed by atoms with van der Waals surface area (Å²) >= 11 is 0. The first kappa shape index (κ1) is 31.0. The van der Waals surface area contributed by atoms with Gasteiger partial charge in [-0.3, -0.25) is 9.59 Å². The van der Waals surface area contributed by atoms with Crippen LogP contribution in [0.1, 0.15) is 44.7 Å². The van der Waals surface area contributed by atoms with Crippen molar-refractivity contribution in [3.8, 4) is 17.2 Å². The van der Waals surface area contributed by atoms with Crippen molar-refractivity contribution in [3.05, 3.63) is 76.6 Å². The number of amides is 2. The molecule has 0 bridgehead atoms. The maximum atomic E-state index is 13.9. The molecule has 6 rings (SSSR count). The largest absolute Gasteiger partial charge is 0.586 e. The van der Waals surface area contributed by atoms with Gasteiger partial charge in [-0.05, 0) is 61.2 Å². The lowest BCUT2D eigenvalue weighted by Crippen LogP contribution is -2.25. The van der Waals surface area contributed by atoms with Gasteiger partial charge in [-0.25, -0.2) is 4.39 Å². The molecule has 1 saturated carbocycles. The molecule has 0 radical (unpaired) electrons. The van der Waals surface area contributed by atoms with Gasteiger partial charge < -0.3 is 34.8 Å². The zero-order valence-corrected chi connectivity index (χ0v) is 23.6. The number of aliphatic hydroxyl groups is 1. The van der Waals surface area contributed by atoms with Crippen LogP contribution in [0.15, 0.2) is 53.7 Å². The third-order valence-corrected chi connectivity index (χ3v) is 7.80. The van der Waals surface area contributed by atoms with Gasteiger partial charge in [-0.1, -0.05) is 5.16 Å². The number of nitrogens with one attached hydrogen (secondary N) is 2. The first-order valence-corrected chi connectivity index (χ1v) is 13.7. The SMILES string of the molecule is COc1ccc(C2=NOC3CC(CO)CC23)cc1C(=O)Nc1cc2c(cc1C(=O)Nc1ccc(F)c(C(F)(F)F)c1)OC(F)(F)O2. The van der Waals surface area contributed by atoms with Crippen LogP contribution in [0.2, 0.25) is 0 Å². The van der Waals surface area contributed by atoms with Crippen molar-refractivity contribution in [2.24, 2.45) is 17.0 Å². The van der Waals surface area contributed by atoms with Crippen LogP contribution in [0.4, 0.5) is 37.7 Å². The fraction of sp³-hybridized carbons (Fsp3) is 0.300. The van der Waals surface area contributed by atoms with Crippen LogP contribution in [-0.2, 0) is 11.0 Å². The molecule has 2 aliphatic heterocycles. The molecule has 3 N–H and O–H groups in total. The number of methoxy groups -OCH3 is 1. The highest BCUT2D eigenvalue weighted by molar-refractivity contribution is 6.14. The fourth-order valence-electron chi connectivity index (χ4n) is 5.65. The summed E-state index contributed by atoms with van der Waals surface area (Å²) in [5.74, 6) is -4.73. The van der Waals surface area contributed by atoms with Crippen molar-refractivity contribution >= 4 is 28.9 Å². The second-order valence-electron chi connectivity index (χ2n) is 10.8. The minimum absolute atomic E-state index is 0.0120. The van der Waals surface area contributed by atoms with E-state index < -0.39 is 58.4 Å². The molecular weight excluding hydrogens is 628 g/mol. The number of hydrogen-bond donors (Lipinski definition) is 3. The summed E-state index contributed by atoms with van der Waals surface area (Å²) in [5, 5.41) is 18.3. The Morgan fingerprint density at radius 2 is 1.72 bits per heavy atom. The first-order chi connectivity index (χ1) is 21.8. The molecule has 1 aliphatic carbocycles. The molecule has 0 spiro atoms. The number of ether oxygens (including phenoxy) is 3. The topological polar surface area (TPSA) is 128 Å². The number of hydrogen-bond acceptors (Lipinski definition) is 8. The summed E-state index contributed by atoms with van der Waals surface area (Å²) in [6.07, 6.45) is -8.18. The van der Waals surface area contributed by atoms with Gasteiger partial charge in [0, 0.05) is 29.8 Å². The van der Waals surface area contributed by atoms with E-state index in [2.05, 4.69) is 25.3 Å². The van der Waals surface area contributed by atoms with Crippen LogP contribution >= 0.6 is 0 Å². The van der Waals surface area contributed by atoms with E-state index in [0.717, 1.165) is 18.2 Å². The Balaban J connectivity index is 1.32. The number of aliphatic hydroxyl groups excluding tert-OH is 1. The number of carbonyl (C=O) groups excluding carboxylic acids is 2. The number of halogens is 6. The second-order valence-corrected chi connectivity index (χ2v) is 10.8. The third-order valence-electron chi connectivity index (χ3n) is 7.80. The normalized spacial score (nSPS) is 20.9. The van der Waals surface area contributed by atoms with Crippen LogP contribution < -0.4 is 24.8 Å². The average Bonchev–Trinajstić information content (AvgIpc) is 3.67. The predicted octanol–water partition coefficient (Wildman–Crippen LogP) is 5.80. The Morgan fingerprint density at radius 1 is 1.00 bits per heavy atom. The highest BCUT2D eigenvalue weighted by Gasteiger charge is 2.45. The Morgan fingerprint density at radius 3 is 2.41 bits per heavy atom. The van der Waals surface area contributed by atoms with Crippen molar-refractivity contribution in [3.63, 3.8) is 0 Å². The molecule has 3 aliphatic rings. The molecular formula is C30H23F6N3O7. The maximum absolute atomic E-state index is 13.9. The van der Waals surface area contributed by atoms with Crippen LogP contribution in [0, 0.1) is 17.7 Å². The number of nitrogens with zero attached hydrogens (tertiary/aromatic N) is 1. The Kier molecular flexibility index (Phi) is 7.70. The smallest absolute Gasteiger partial charge is 0.496 e. The molecule has 10 nitrogen and oxygen atoms in total. The number of rotatable bonds is 7. The zero-order chi connectivity index (χ0) is 33.0. The summed E-state index contributed by atoms with van der Waals surface area (Å²) in [6.45, 7) is -0.0120. The number of alkyl halides is 5. The van der Waals surface area contributed by atoms with E-state index in [9.17, 15) is 41.0 Å². The zero-order valence-electron chi connectivity index (χ0n) is 23.6. The van der Waals surface area contributed by atoms with Gasteiger partial charge in [-0.2, -0.15) is 13.2 Å². The second kappa shape index (κ2) is 11.4. The number of oxime groups is 1. The molecule has 242 valence electrons. The lowest BCUT2D eigenvalue weighted by Gasteiger charge is -2.16. The van der Waals surface area contributed by atoms with Gasteiger partial charge in [0.15, 0.2) is 11.5 Å². The lowest BCUT2D eigenvalue weighted by molar-refractivity contribution is -0.286. The molecule has 3 atom stereocenters. The molecule has 0 saturated heterocycles. The molecule has 3 unspecified atom stereocenters. The molecule has 46 heavy (non-hydrogen) atoms. The summed E-state index contributed by atoms with van der Waals surface area (Å²) < 4.78 is 95.4. The molecule has 3 aromatic carbocycles. The Labute approximate surface area is 255 Å². The number of fused-ring (bicyclic) bond motifs is 2. The van der Waals surface area contributed by atoms with E-state index in [4.69, 9.17) is 9.57 Å². The van der Waals surface area contributed by atoms with Gasteiger partial charge in [0.2, 0.25) is 0 Å². The maximum Gasteiger partial charge on any atom is 0.586 e. The Bertz CT molecular complexity index is 1760. The lowest BCUT2D eigenvalue weighted by atomic mass is 9.92. The summed E-state index contributed by atoms with van der Waals surface area (Å²) in [7, 11) is 1.31. The van der Waals surface area contributed by atoms with E-state index in [1.54, 1.807) is 6.07 Å². The molecule has 2 heterocycles. The molecule has 1 fully saturated rings. The van der Waals surface area contributed by atoms with Crippen LogP contribution in [0.5, 0.6) is 17.2 Å². The fourth-order valence-corrected chi connectivity index (χ4v) is 5.65. The quantitative estimate of drug-likeness (QED) is 0.276. The van der Waals surface area contributed by atoms with Crippen molar-refractivity contribution in [1.82, 2.24) is 0 Å². The van der Waals surface area contributed by atoms with Crippen molar-refractivity contribution < 1.29 is 60.1 Å². The first-order valence-electron chi connectivity index (χ1n) is 13.7. The van der Waals surface area contributed by atoms with E-state index in [-0.39, 0.29) is 41.5 Å². The van der Waals surface area contributed by atoms with E-state index in [1.165, 1.54) is 19.2 Å². The predicted molar refractivity (Wildman–Crippen MR) is 148 cm³/mol. The monoisotopic (exact) mass is 651 g/mol. The van der Waals surface area contributed by atoms with E-state index in [1.807, 2.05) is 0 Å². The van der Waals surface area contributed by atoms with E-state index >= 15 is 0 Å². The van der Waals surface area contributed by atoms with Crippen LogP contribution in [0.3, 0.4) is 0 Å². The third kappa shape index (κ3) is 5.87. The molecule has 0 aromatic heterocycles. The van der Waals surface area contributed by atoms with Gasteiger partial charge in [0.05, 0.1) is 35.2 Å².